The Morgan fingerprint density at radius 3 is 2.25 bits per heavy atom. The third-order valence-electron chi connectivity index (χ3n) is 4.80. The van der Waals surface area contributed by atoms with Gasteiger partial charge >= 0.3 is 0 Å². The second-order valence-electron chi connectivity index (χ2n) is 6.60. The molecule has 0 aliphatic carbocycles. The Morgan fingerprint density at radius 1 is 0.875 bits per heavy atom. The molecule has 0 saturated carbocycles. The van der Waals surface area contributed by atoms with Gasteiger partial charge in [0, 0.05) is 50.0 Å². The zero-order valence-electron chi connectivity index (χ0n) is 15.3. The molecule has 3 rings (SSSR count). The molecular weight excluding hydrogens is 296 g/mol. The molecule has 0 unspecified atom stereocenters. The van der Waals surface area contributed by atoms with E-state index in [1.54, 1.807) is 0 Å². The number of aryl methyl sites for hydroxylation is 4. The van der Waals surface area contributed by atoms with Crippen LogP contribution in [0.3, 0.4) is 0 Å². The van der Waals surface area contributed by atoms with Crippen molar-refractivity contribution in [3.05, 3.63) is 46.9 Å². The van der Waals surface area contributed by atoms with Gasteiger partial charge in [0.05, 0.1) is 0 Å². The number of anilines is 2. The first-order valence-corrected chi connectivity index (χ1v) is 9.04. The maximum absolute atomic E-state index is 4.75. The predicted octanol–water partition coefficient (Wildman–Crippen LogP) is 3.54. The van der Waals surface area contributed by atoms with E-state index in [9.17, 15) is 0 Å². The molecular formula is C20H28N4. The molecule has 128 valence electrons. The van der Waals surface area contributed by atoms with Gasteiger partial charge in [-0.2, -0.15) is 0 Å². The Labute approximate surface area is 145 Å². The number of aromatic nitrogens is 2. The summed E-state index contributed by atoms with van der Waals surface area (Å²) >= 11 is 0. The van der Waals surface area contributed by atoms with Crippen molar-refractivity contribution >= 4 is 11.5 Å². The molecule has 1 aromatic carbocycles. The molecule has 0 radical (unpaired) electrons. The number of benzene rings is 1. The van der Waals surface area contributed by atoms with Gasteiger partial charge in [0.1, 0.15) is 11.6 Å². The van der Waals surface area contributed by atoms with E-state index in [4.69, 9.17) is 4.98 Å². The van der Waals surface area contributed by atoms with Crippen molar-refractivity contribution in [3.8, 4) is 0 Å². The molecule has 24 heavy (non-hydrogen) atoms. The highest BCUT2D eigenvalue weighted by Gasteiger charge is 2.20. The van der Waals surface area contributed by atoms with Crippen LogP contribution in [-0.4, -0.2) is 36.1 Å². The van der Waals surface area contributed by atoms with Crippen molar-refractivity contribution in [1.82, 2.24) is 9.97 Å². The van der Waals surface area contributed by atoms with Gasteiger partial charge in [-0.25, -0.2) is 9.97 Å². The minimum Gasteiger partial charge on any atom is -0.368 e. The summed E-state index contributed by atoms with van der Waals surface area (Å²) in [5, 5.41) is 0. The lowest BCUT2D eigenvalue weighted by Crippen LogP contribution is -2.47. The van der Waals surface area contributed by atoms with Crippen molar-refractivity contribution < 1.29 is 0 Å². The molecule has 4 nitrogen and oxygen atoms in total. The molecule has 1 saturated heterocycles. The second-order valence-corrected chi connectivity index (χ2v) is 6.60. The molecule has 2 aromatic rings. The van der Waals surface area contributed by atoms with Crippen molar-refractivity contribution in [2.45, 2.75) is 40.5 Å². The van der Waals surface area contributed by atoms with Crippen LogP contribution in [-0.2, 0) is 12.8 Å². The zero-order chi connectivity index (χ0) is 17.1. The van der Waals surface area contributed by atoms with Crippen molar-refractivity contribution in [1.29, 1.82) is 0 Å². The maximum atomic E-state index is 4.75. The summed E-state index contributed by atoms with van der Waals surface area (Å²) in [5.74, 6) is 2.06. The summed E-state index contributed by atoms with van der Waals surface area (Å²) in [6.07, 6.45) is 1.86. The van der Waals surface area contributed by atoms with Crippen LogP contribution in [0.1, 0.15) is 36.5 Å². The highest BCUT2D eigenvalue weighted by molar-refractivity contribution is 5.56. The molecule has 4 heteroatoms. The van der Waals surface area contributed by atoms with Gasteiger partial charge in [-0.3, -0.25) is 0 Å². The van der Waals surface area contributed by atoms with E-state index < -0.39 is 0 Å². The van der Waals surface area contributed by atoms with Gasteiger partial charge in [-0.05, 0) is 37.5 Å². The third-order valence-corrected chi connectivity index (χ3v) is 4.80. The standard InChI is InChI=1S/C20H28N4/c1-5-17-14-20(22-19(6-2)21-17)24-11-9-23(10-12-24)18-13-15(3)7-8-16(18)4/h7-8,13-14H,5-6,9-12H2,1-4H3. The van der Waals surface area contributed by atoms with Crippen LogP contribution in [0.25, 0.3) is 0 Å². The lowest BCUT2D eigenvalue weighted by Gasteiger charge is -2.37. The normalized spacial score (nSPS) is 15.0. The van der Waals surface area contributed by atoms with Crippen LogP contribution in [0.2, 0.25) is 0 Å². The molecule has 0 spiro atoms. The lowest BCUT2D eigenvalue weighted by atomic mass is 10.1. The van der Waals surface area contributed by atoms with Crippen molar-refractivity contribution in [2.75, 3.05) is 36.0 Å². The van der Waals surface area contributed by atoms with Gasteiger partial charge in [0.2, 0.25) is 0 Å². The topological polar surface area (TPSA) is 32.3 Å². The summed E-state index contributed by atoms with van der Waals surface area (Å²) in [5.41, 5.74) is 5.21. The number of nitrogens with zero attached hydrogens (tertiary/aromatic N) is 4. The highest BCUT2D eigenvalue weighted by atomic mass is 15.3. The van der Waals surface area contributed by atoms with Crippen LogP contribution in [0.4, 0.5) is 11.5 Å². The third kappa shape index (κ3) is 3.53. The van der Waals surface area contributed by atoms with Crippen molar-refractivity contribution in [2.24, 2.45) is 0 Å². The fourth-order valence-electron chi connectivity index (χ4n) is 3.27. The van der Waals surface area contributed by atoms with Crippen LogP contribution < -0.4 is 9.80 Å². The summed E-state index contributed by atoms with van der Waals surface area (Å²) < 4.78 is 0. The number of hydrogen-bond acceptors (Lipinski definition) is 4. The average molecular weight is 324 g/mol. The van der Waals surface area contributed by atoms with Gasteiger partial charge in [-0.1, -0.05) is 26.0 Å². The molecule has 1 fully saturated rings. The first kappa shape index (κ1) is 16.7. The second kappa shape index (κ2) is 7.20. The van der Waals surface area contributed by atoms with Gasteiger partial charge in [0.25, 0.3) is 0 Å². The van der Waals surface area contributed by atoms with E-state index in [-0.39, 0.29) is 0 Å². The molecule has 1 aliphatic rings. The summed E-state index contributed by atoms with van der Waals surface area (Å²) in [6, 6.07) is 8.88. The molecule has 0 amide bonds. The van der Waals surface area contributed by atoms with E-state index >= 15 is 0 Å². The Hall–Kier alpha value is -2.10. The first-order chi connectivity index (χ1) is 11.6. The molecule has 0 bridgehead atoms. The number of rotatable bonds is 4. The summed E-state index contributed by atoms with van der Waals surface area (Å²) in [7, 11) is 0. The Morgan fingerprint density at radius 2 is 1.58 bits per heavy atom. The quantitative estimate of drug-likeness (QED) is 0.861. The van der Waals surface area contributed by atoms with Gasteiger partial charge in [-0.15, -0.1) is 0 Å². The van der Waals surface area contributed by atoms with E-state index in [0.717, 1.165) is 56.4 Å². The maximum Gasteiger partial charge on any atom is 0.132 e. The SMILES string of the molecule is CCc1cc(N2CCN(c3cc(C)ccc3C)CC2)nc(CC)n1. The Kier molecular flexibility index (Phi) is 5.03. The van der Waals surface area contributed by atoms with E-state index in [1.807, 2.05) is 0 Å². The smallest absolute Gasteiger partial charge is 0.132 e. The minimum absolute atomic E-state index is 0.892. The molecule has 1 aliphatic heterocycles. The van der Waals surface area contributed by atoms with Crippen LogP contribution >= 0.6 is 0 Å². The molecule has 2 heterocycles. The van der Waals surface area contributed by atoms with Gasteiger partial charge < -0.3 is 9.80 Å². The largest absolute Gasteiger partial charge is 0.368 e. The first-order valence-electron chi connectivity index (χ1n) is 9.04. The van der Waals surface area contributed by atoms with Crippen LogP contribution in [0, 0.1) is 13.8 Å². The van der Waals surface area contributed by atoms with E-state index in [1.165, 1.54) is 16.8 Å². The number of hydrogen-bond donors (Lipinski definition) is 0. The zero-order valence-corrected chi connectivity index (χ0v) is 15.3. The van der Waals surface area contributed by atoms with E-state index in [2.05, 4.69) is 66.7 Å². The minimum atomic E-state index is 0.892. The fraction of sp³-hybridized carbons (Fsp3) is 0.500. The number of piperazine rings is 1. The molecule has 0 N–H and O–H groups in total. The van der Waals surface area contributed by atoms with Crippen molar-refractivity contribution in [3.63, 3.8) is 0 Å². The average Bonchev–Trinajstić information content (AvgIpc) is 2.63. The monoisotopic (exact) mass is 324 g/mol. The highest BCUT2D eigenvalue weighted by Crippen LogP contribution is 2.24. The predicted molar refractivity (Wildman–Crippen MR) is 101 cm³/mol. The lowest BCUT2D eigenvalue weighted by molar-refractivity contribution is 0.642. The molecule has 1 aromatic heterocycles. The van der Waals surface area contributed by atoms with Crippen LogP contribution in [0.5, 0.6) is 0 Å². The van der Waals surface area contributed by atoms with Crippen LogP contribution in [0.15, 0.2) is 24.3 Å². The molecule has 0 atom stereocenters. The van der Waals surface area contributed by atoms with Gasteiger partial charge in [0.15, 0.2) is 0 Å². The van der Waals surface area contributed by atoms with E-state index in [0.29, 0.717) is 0 Å². The fourth-order valence-corrected chi connectivity index (χ4v) is 3.27. The Bertz CT molecular complexity index is 681. The summed E-state index contributed by atoms with van der Waals surface area (Å²) in [4.78, 5) is 14.3. The Balaban J connectivity index is 1.74. The summed E-state index contributed by atoms with van der Waals surface area (Å²) in [6.45, 7) is 12.7.